The van der Waals surface area contributed by atoms with Gasteiger partial charge in [-0.1, -0.05) is 33.8 Å². The Morgan fingerprint density at radius 1 is 1.22 bits per heavy atom. The van der Waals surface area contributed by atoms with Crippen molar-refractivity contribution in [2.75, 3.05) is 18.1 Å². The summed E-state index contributed by atoms with van der Waals surface area (Å²) in [6, 6.07) is 0. The van der Waals surface area contributed by atoms with Crippen molar-refractivity contribution in [2.24, 2.45) is 0 Å². The van der Waals surface area contributed by atoms with E-state index in [4.69, 9.17) is 9.16 Å². The first-order valence-electron chi connectivity index (χ1n) is 10.3. The van der Waals surface area contributed by atoms with Crippen LogP contribution in [0.4, 0.5) is 0 Å². The van der Waals surface area contributed by atoms with Gasteiger partial charge in [-0.3, -0.25) is 0 Å². The highest BCUT2D eigenvalue weighted by atomic mass is 32.2. The van der Waals surface area contributed by atoms with Gasteiger partial charge in [-0.15, -0.1) is 23.5 Å². The van der Waals surface area contributed by atoms with Gasteiger partial charge in [-0.25, -0.2) is 4.79 Å². The van der Waals surface area contributed by atoms with Gasteiger partial charge in [0, 0.05) is 5.57 Å². The SMILES string of the molecule is CCOC(=O)/C(C)=C/C[C@H](CC1(CC)SCCCS1)O[Si](C)(C)C(C)(C)C. The molecule has 1 aliphatic heterocycles. The molecule has 3 nitrogen and oxygen atoms in total. The summed E-state index contributed by atoms with van der Waals surface area (Å²) in [5.74, 6) is 2.27. The van der Waals surface area contributed by atoms with Gasteiger partial charge in [0.15, 0.2) is 8.32 Å². The van der Waals surface area contributed by atoms with Crippen molar-refractivity contribution < 1.29 is 14.0 Å². The molecule has 0 aromatic heterocycles. The third-order valence-electron chi connectivity index (χ3n) is 5.65. The molecule has 158 valence electrons. The largest absolute Gasteiger partial charge is 0.463 e. The molecule has 6 heteroatoms. The molecule has 0 N–H and O–H groups in total. The summed E-state index contributed by atoms with van der Waals surface area (Å²) in [6.07, 6.45) is 6.44. The van der Waals surface area contributed by atoms with Crippen molar-refractivity contribution in [2.45, 2.75) is 95.5 Å². The monoisotopic (exact) mass is 432 g/mol. The van der Waals surface area contributed by atoms with Crippen LogP contribution in [0.25, 0.3) is 0 Å². The van der Waals surface area contributed by atoms with Gasteiger partial charge in [-0.05, 0) is 69.2 Å². The number of rotatable bonds is 9. The summed E-state index contributed by atoms with van der Waals surface area (Å²) in [4.78, 5) is 12.0. The summed E-state index contributed by atoms with van der Waals surface area (Å²) in [7, 11) is -1.88. The van der Waals surface area contributed by atoms with E-state index in [1.807, 2.05) is 19.9 Å². The van der Waals surface area contributed by atoms with Crippen LogP contribution < -0.4 is 0 Å². The van der Waals surface area contributed by atoms with E-state index in [1.54, 1.807) is 0 Å². The van der Waals surface area contributed by atoms with E-state index in [0.717, 1.165) is 19.3 Å². The molecule has 0 spiro atoms. The van der Waals surface area contributed by atoms with Gasteiger partial charge in [0.2, 0.25) is 0 Å². The van der Waals surface area contributed by atoms with Crippen LogP contribution in [0.15, 0.2) is 11.6 Å². The Balaban J connectivity index is 2.98. The first kappa shape index (κ1) is 25.1. The van der Waals surface area contributed by atoms with Crippen molar-refractivity contribution in [3.8, 4) is 0 Å². The third-order valence-corrected chi connectivity index (χ3v) is 13.8. The van der Waals surface area contributed by atoms with Gasteiger partial charge < -0.3 is 9.16 Å². The zero-order chi connectivity index (χ0) is 20.7. The molecule has 1 fully saturated rings. The van der Waals surface area contributed by atoms with Crippen LogP contribution in [0, 0.1) is 0 Å². The van der Waals surface area contributed by atoms with E-state index in [9.17, 15) is 4.79 Å². The van der Waals surface area contributed by atoms with Crippen LogP contribution in [-0.2, 0) is 14.0 Å². The Morgan fingerprint density at radius 3 is 2.30 bits per heavy atom. The molecule has 1 rings (SSSR count). The third kappa shape index (κ3) is 7.79. The summed E-state index contributed by atoms with van der Waals surface area (Å²) in [5, 5.41) is 0.178. The lowest BCUT2D eigenvalue weighted by Crippen LogP contribution is -2.45. The quantitative estimate of drug-likeness (QED) is 0.232. The maximum absolute atomic E-state index is 12.0. The number of hydrogen-bond donors (Lipinski definition) is 0. The van der Waals surface area contributed by atoms with Crippen LogP contribution in [0.1, 0.15) is 67.2 Å². The van der Waals surface area contributed by atoms with Gasteiger partial charge >= 0.3 is 5.97 Å². The van der Waals surface area contributed by atoms with Crippen molar-refractivity contribution in [3.63, 3.8) is 0 Å². The molecule has 0 unspecified atom stereocenters. The van der Waals surface area contributed by atoms with Crippen molar-refractivity contribution in [1.82, 2.24) is 0 Å². The molecule has 0 saturated carbocycles. The molecule has 0 aromatic rings. The molecule has 1 heterocycles. The number of ether oxygens (including phenoxy) is 1. The molecule has 1 aliphatic rings. The number of carbonyl (C=O) groups is 1. The second-order valence-corrected chi connectivity index (χ2v) is 16.8. The second-order valence-electron chi connectivity index (χ2n) is 8.86. The maximum atomic E-state index is 12.0. The van der Waals surface area contributed by atoms with Crippen LogP contribution in [0.5, 0.6) is 0 Å². The zero-order valence-electron chi connectivity index (χ0n) is 18.6. The fraction of sp³-hybridized carbons (Fsp3) is 0.857. The van der Waals surface area contributed by atoms with E-state index in [2.05, 4.69) is 64.3 Å². The summed E-state index contributed by atoms with van der Waals surface area (Å²) in [5.41, 5.74) is 0.690. The zero-order valence-corrected chi connectivity index (χ0v) is 21.3. The average Bonchev–Trinajstić information content (AvgIpc) is 2.59. The van der Waals surface area contributed by atoms with Crippen molar-refractivity contribution in [3.05, 3.63) is 11.6 Å². The van der Waals surface area contributed by atoms with Crippen LogP contribution in [-0.4, -0.2) is 42.6 Å². The van der Waals surface area contributed by atoms with Gasteiger partial charge in [0.25, 0.3) is 0 Å². The Morgan fingerprint density at radius 2 is 1.81 bits per heavy atom. The molecule has 0 aliphatic carbocycles. The number of carbonyl (C=O) groups excluding carboxylic acids is 1. The van der Waals surface area contributed by atoms with Crippen molar-refractivity contribution >= 4 is 37.8 Å². The lowest BCUT2D eigenvalue weighted by Gasteiger charge is -2.43. The van der Waals surface area contributed by atoms with E-state index in [-0.39, 0.29) is 21.2 Å². The molecule has 1 saturated heterocycles. The summed E-state index contributed by atoms with van der Waals surface area (Å²) >= 11 is 4.21. The lowest BCUT2D eigenvalue weighted by molar-refractivity contribution is -0.138. The van der Waals surface area contributed by atoms with E-state index in [1.165, 1.54) is 17.9 Å². The smallest absolute Gasteiger partial charge is 0.333 e. The number of esters is 1. The average molecular weight is 433 g/mol. The highest BCUT2D eigenvalue weighted by molar-refractivity contribution is 8.18. The number of hydrogen-bond acceptors (Lipinski definition) is 5. The topological polar surface area (TPSA) is 35.5 Å². The molecule has 0 amide bonds. The minimum absolute atomic E-state index is 0.147. The molecule has 0 bridgehead atoms. The Kier molecular flexibility index (Phi) is 10.00. The lowest BCUT2D eigenvalue weighted by atomic mass is 10.1. The number of thioether (sulfide) groups is 2. The Labute approximate surface area is 176 Å². The molecule has 27 heavy (non-hydrogen) atoms. The summed E-state index contributed by atoms with van der Waals surface area (Å²) in [6.45, 7) is 17.9. The predicted molar refractivity (Wildman–Crippen MR) is 124 cm³/mol. The molecule has 1 atom stereocenters. The van der Waals surface area contributed by atoms with Crippen molar-refractivity contribution in [1.29, 1.82) is 0 Å². The van der Waals surface area contributed by atoms with Crippen LogP contribution >= 0.6 is 23.5 Å². The van der Waals surface area contributed by atoms with E-state index >= 15 is 0 Å². The normalized spacial score (nSPS) is 19.6. The van der Waals surface area contributed by atoms with Gasteiger partial charge in [0.05, 0.1) is 16.8 Å². The van der Waals surface area contributed by atoms with Crippen LogP contribution in [0.3, 0.4) is 0 Å². The first-order chi connectivity index (χ1) is 12.5. The molecule has 0 aromatic carbocycles. The molecular weight excluding hydrogens is 392 g/mol. The highest BCUT2D eigenvalue weighted by Crippen LogP contribution is 2.49. The fourth-order valence-corrected chi connectivity index (χ4v) is 7.55. The molecular formula is C21H40O3S2Si. The van der Waals surface area contributed by atoms with E-state index in [0.29, 0.717) is 12.2 Å². The highest BCUT2D eigenvalue weighted by Gasteiger charge is 2.41. The Bertz CT molecular complexity index is 506. The van der Waals surface area contributed by atoms with Gasteiger partial charge in [-0.2, -0.15) is 0 Å². The Hall–Kier alpha value is 0.0869. The van der Waals surface area contributed by atoms with Crippen LogP contribution in [0.2, 0.25) is 18.1 Å². The van der Waals surface area contributed by atoms with E-state index < -0.39 is 8.32 Å². The summed E-state index contributed by atoms with van der Waals surface area (Å²) < 4.78 is 12.2. The maximum Gasteiger partial charge on any atom is 0.333 e. The fourth-order valence-electron chi connectivity index (χ4n) is 2.83. The minimum Gasteiger partial charge on any atom is -0.463 e. The first-order valence-corrected chi connectivity index (χ1v) is 15.1. The predicted octanol–water partition coefficient (Wildman–Crippen LogP) is 6.64. The molecule has 0 radical (unpaired) electrons. The second kappa shape index (κ2) is 10.7. The minimum atomic E-state index is -1.88. The van der Waals surface area contributed by atoms with Gasteiger partial charge in [0.1, 0.15) is 0 Å². The standard InChI is InChI=1S/C21H40O3S2Si/c1-9-21(25-14-11-15-26-21)16-18(24-27(7,8)20(4,5)6)13-12-17(3)19(22)23-10-2/h12,18H,9-11,13-16H2,1-8H3/b17-12+/t18-/m1/s1.